The fraction of sp³-hybridized carbons (Fsp3) is 0.143. The summed E-state index contributed by atoms with van der Waals surface area (Å²) < 4.78 is 11.3. The number of benzene rings is 3. The Morgan fingerprint density at radius 3 is 2.42 bits per heavy atom. The molecular weight excluding hydrogens is 561 g/mol. The van der Waals surface area contributed by atoms with Gasteiger partial charge >= 0.3 is 6.03 Å². The number of aryl methyl sites for hydroxylation is 1. The Morgan fingerprint density at radius 1 is 1.02 bits per heavy atom. The van der Waals surface area contributed by atoms with Crippen molar-refractivity contribution in [3.8, 4) is 17.2 Å². The lowest BCUT2D eigenvalue weighted by Gasteiger charge is -2.26. The molecule has 0 aliphatic carbocycles. The van der Waals surface area contributed by atoms with Gasteiger partial charge < -0.3 is 19.9 Å². The first-order chi connectivity index (χ1) is 19.1. The number of phenolic OH excluding ortho intramolecular Hbond substituents is 1. The van der Waals surface area contributed by atoms with Gasteiger partial charge in [0.15, 0.2) is 18.1 Å². The maximum absolute atomic E-state index is 13.1. The Hall–Kier alpha value is -4.54. The van der Waals surface area contributed by atoms with Crippen molar-refractivity contribution in [1.29, 1.82) is 0 Å². The summed E-state index contributed by atoms with van der Waals surface area (Å²) >= 11 is 12.6. The van der Waals surface area contributed by atoms with E-state index in [2.05, 4.69) is 10.6 Å². The van der Waals surface area contributed by atoms with E-state index in [0.717, 1.165) is 10.5 Å². The smallest absolute Gasteiger partial charge is 0.335 e. The number of imide groups is 2. The van der Waals surface area contributed by atoms with Crippen LogP contribution in [0.5, 0.6) is 17.2 Å². The molecule has 0 radical (unpaired) electrons. The molecule has 206 valence electrons. The molecule has 1 aliphatic heterocycles. The second-order valence-corrected chi connectivity index (χ2v) is 9.35. The fourth-order valence-electron chi connectivity index (χ4n) is 3.74. The molecule has 3 aromatic rings. The summed E-state index contributed by atoms with van der Waals surface area (Å²) in [4.78, 5) is 51.3. The number of anilines is 2. The van der Waals surface area contributed by atoms with Gasteiger partial charge in [-0.2, -0.15) is 0 Å². The Morgan fingerprint density at radius 2 is 1.75 bits per heavy atom. The Kier molecular flexibility index (Phi) is 8.61. The van der Waals surface area contributed by atoms with E-state index in [4.69, 9.17) is 32.7 Å². The standard InChI is InChI=1S/C28H23Cl2N3O7/c1-3-39-23-12-16(10-20-26(36)32-28(38)33(27(20)37)18-6-8-19(34)9-7-18)11-22(30)25(23)40-14-24(35)31-17-5-4-15(2)21(29)13-17/h4-13,34H,3,14H2,1-2H3,(H,31,35)(H,32,36,38)/b20-10-. The van der Waals surface area contributed by atoms with Crippen molar-refractivity contribution in [2.24, 2.45) is 0 Å². The van der Waals surface area contributed by atoms with Crippen molar-refractivity contribution >= 4 is 64.4 Å². The van der Waals surface area contributed by atoms with Crippen molar-refractivity contribution in [2.75, 3.05) is 23.4 Å². The van der Waals surface area contributed by atoms with Crippen LogP contribution < -0.4 is 25.0 Å². The number of barbiturate groups is 1. The topological polar surface area (TPSA) is 134 Å². The molecule has 0 unspecified atom stereocenters. The minimum Gasteiger partial charge on any atom is -0.508 e. The van der Waals surface area contributed by atoms with E-state index in [9.17, 15) is 24.3 Å². The van der Waals surface area contributed by atoms with Gasteiger partial charge in [0.1, 0.15) is 11.3 Å². The maximum atomic E-state index is 13.1. The molecule has 1 aliphatic rings. The highest BCUT2D eigenvalue weighted by Gasteiger charge is 2.37. The van der Waals surface area contributed by atoms with Crippen LogP contribution in [0.25, 0.3) is 6.08 Å². The molecule has 0 aromatic heterocycles. The summed E-state index contributed by atoms with van der Waals surface area (Å²) in [6.07, 6.45) is 1.25. The van der Waals surface area contributed by atoms with Gasteiger partial charge in [-0.1, -0.05) is 29.3 Å². The number of hydrogen-bond acceptors (Lipinski definition) is 7. The van der Waals surface area contributed by atoms with Crippen molar-refractivity contribution in [3.63, 3.8) is 0 Å². The lowest BCUT2D eigenvalue weighted by atomic mass is 10.1. The van der Waals surface area contributed by atoms with Crippen molar-refractivity contribution in [2.45, 2.75) is 13.8 Å². The van der Waals surface area contributed by atoms with Gasteiger partial charge in [-0.25, -0.2) is 9.69 Å². The number of nitrogens with zero attached hydrogens (tertiary/aromatic N) is 1. The van der Waals surface area contributed by atoms with E-state index in [1.165, 1.54) is 42.5 Å². The molecule has 3 aromatic carbocycles. The summed E-state index contributed by atoms with van der Waals surface area (Å²) in [5, 5.41) is 14.9. The SMILES string of the molecule is CCOc1cc(/C=C2/C(=O)NC(=O)N(c3ccc(O)cc3)C2=O)cc(Cl)c1OCC(=O)Nc1ccc(C)c(Cl)c1. The normalized spacial score (nSPS) is 14.2. The zero-order chi connectivity index (χ0) is 29.0. The minimum absolute atomic E-state index is 0.0547. The summed E-state index contributed by atoms with van der Waals surface area (Å²) in [5.74, 6) is -2.04. The molecule has 0 atom stereocenters. The zero-order valence-electron chi connectivity index (χ0n) is 21.3. The molecular formula is C28H23Cl2N3O7. The van der Waals surface area contributed by atoms with Crippen LogP contribution in [0, 0.1) is 6.92 Å². The number of amides is 5. The molecule has 3 N–H and O–H groups in total. The lowest BCUT2D eigenvalue weighted by molar-refractivity contribution is -0.122. The van der Waals surface area contributed by atoms with Gasteiger partial charge in [0.05, 0.1) is 17.3 Å². The summed E-state index contributed by atoms with van der Waals surface area (Å²) in [5.41, 5.74) is 1.49. The van der Waals surface area contributed by atoms with E-state index < -0.39 is 30.4 Å². The van der Waals surface area contributed by atoms with E-state index in [1.807, 2.05) is 6.92 Å². The predicted molar refractivity (Wildman–Crippen MR) is 150 cm³/mol. The number of rotatable bonds is 8. The summed E-state index contributed by atoms with van der Waals surface area (Å²) in [6, 6.07) is 12.4. The molecule has 1 saturated heterocycles. The summed E-state index contributed by atoms with van der Waals surface area (Å²) in [6.45, 7) is 3.41. The number of ether oxygens (including phenoxy) is 2. The fourth-order valence-corrected chi connectivity index (χ4v) is 4.19. The maximum Gasteiger partial charge on any atom is 0.335 e. The molecule has 4 rings (SSSR count). The zero-order valence-corrected chi connectivity index (χ0v) is 22.8. The van der Waals surface area contributed by atoms with Crippen LogP contribution in [-0.4, -0.2) is 42.1 Å². The third kappa shape index (κ3) is 6.36. The van der Waals surface area contributed by atoms with E-state index in [-0.39, 0.29) is 40.1 Å². The first-order valence-electron chi connectivity index (χ1n) is 11.9. The molecule has 1 heterocycles. The van der Waals surface area contributed by atoms with Crippen LogP contribution in [-0.2, 0) is 14.4 Å². The molecule has 0 saturated carbocycles. The number of hydrogen-bond donors (Lipinski definition) is 3. The van der Waals surface area contributed by atoms with Gasteiger partial charge in [0, 0.05) is 10.7 Å². The Bertz CT molecular complexity index is 1540. The number of carbonyl (C=O) groups excluding carboxylic acids is 4. The molecule has 1 fully saturated rings. The van der Waals surface area contributed by atoms with Crippen LogP contribution in [0.3, 0.4) is 0 Å². The van der Waals surface area contributed by atoms with Crippen molar-refractivity contribution in [1.82, 2.24) is 5.32 Å². The van der Waals surface area contributed by atoms with Gasteiger partial charge in [-0.15, -0.1) is 0 Å². The van der Waals surface area contributed by atoms with E-state index in [0.29, 0.717) is 16.3 Å². The van der Waals surface area contributed by atoms with Crippen LogP contribution in [0.1, 0.15) is 18.1 Å². The average molecular weight is 584 g/mol. The van der Waals surface area contributed by atoms with Gasteiger partial charge in [-0.3, -0.25) is 19.7 Å². The number of phenols is 1. The van der Waals surface area contributed by atoms with Crippen LogP contribution in [0.4, 0.5) is 16.2 Å². The monoisotopic (exact) mass is 583 g/mol. The molecule has 0 bridgehead atoms. The van der Waals surface area contributed by atoms with Gasteiger partial charge in [0.25, 0.3) is 17.7 Å². The van der Waals surface area contributed by atoms with Crippen molar-refractivity contribution in [3.05, 3.63) is 81.3 Å². The second kappa shape index (κ2) is 12.1. The van der Waals surface area contributed by atoms with Gasteiger partial charge in [0.2, 0.25) is 0 Å². The largest absolute Gasteiger partial charge is 0.508 e. The van der Waals surface area contributed by atoms with E-state index in [1.54, 1.807) is 25.1 Å². The lowest BCUT2D eigenvalue weighted by Crippen LogP contribution is -2.54. The number of halogens is 2. The highest BCUT2D eigenvalue weighted by Crippen LogP contribution is 2.38. The Balaban J connectivity index is 1.57. The number of carbonyl (C=O) groups is 4. The van der Waals surface area contributed by atoms with Crippen LogP contribution in [0.15, 0.2) is 60.2 Å². The molecule has 12 heteroatoms. The number of aromatic hydroxyl groups is 1. The molecule has 10 nitrogen and oxygen atoms in total. The third-order valence-corrected chi connectivity index (χ3v) is 6.34. The van der Waals surface area contributed by atoms with Crippen LogP contribution in [0.2, 0.25) is 10.0 Å². The molecule has 40 heavy (non-hydrogen) atoms. The van der Waals surface area contributed by atoms with Crippen LogP contribution >= 0.6 is 23.2 Å². The molecule has 0 spiro atoms. The number of nitrogens with one attached hydrogen (secondary N) is 2. The second-order valence-electron chi connectivity index (χ2n) is 8.54. The first kappa shape index (κ1) is 28.5. The van der Waals surface area contributed by atoms with Crippen molar-refractivity contribution < 1.29 is 33.8 Å². The molecule has 5 amide bonds. The quantitative estimate of drug-likeness (QED) is 0.248. The van der Waals surface area contributed by atoms with E-state index >= 15 is 0 Å². The number of urea groups is 1. The average Bonchev–Trinajstić information content (AvgIpc) is 2.89. The summed E-state index contributed by atoms with van der Waals surface area (Å²) in [7, 11) is 0. The highest BCUT2D eigenvalue weighted by atomic mass is 35.5. The van der Waals surface area contributed by atoms with Gasteiger partial charge in [-0.05, 0) is 79.6 Å². The highest BCUT2D eigenvalue weighted by molar-refractivity contribution is 6.39. The first-order valence-corrected chi connectivity index (χ1v) is 12.7. The minimum atomic E-state index is -0.930. The Labute approximate surface area is 239 Å². The third-order valence-electron chi connectivity index (χ3n) is 5.66. The predicted octanol–water partition coefficient (Wildman–Crippen LogP) is 5.09.